The molecule has 1 aliphatic carbocycles. The van der Waals surface area contributed by atoms with E-state index in [0.717, 1.165) is 22.6 Å². The molecule has 0 bridgehead atoms. The number of sulfone groups is 1. The van der Waals surface area contributed by atoms with Crippen LogP contribution in [0.15, 0.2) is 42.0 Å². The first-order valence-electron chi connectivity index (χ1n) is 6.61. The highest BCUT2D eigenvalue weighted by Gasteiger charge is 2.21. The molecule has 1 aliphatic rings. The monoisotopic (exact) mass is 301 g/mol. The topological polar surface area (TPSA) is 63.2 Å². The molecule has 5 heteroatoms. The molecule has 0 saturated heterocycles. The van der Waals surface area contributed by atoms with E-state index in [1.165, 1.54) is 0 Å². The first-order chi connectivity index (χ1) is 9.96. The quantitative estimate of drug-likeness (QED) is 0.938. The second kappa shape index (κ2) is 5.09. The molecule has 0 radical (unpaired) electrons. The lowest BCUT2D eigenvalue weighted by Gasteiger charge is -2.17. The summed E-state index contributed by atoms with van der Waals surface area (Å²) in [5, 5.41) is 4.82. The van der Waals surface area contributed by atoms with Gasteiger partial charge in [-0.2, -0.15) is 0 Å². The molecule has 0 saturated carbocycles. The zero-order valence-corrected chi connectivity index (χ0v) is 12.4. The second-order valence-corrected chi connectivity index (χ2v) is 7.39. The summed E-state index contributed by atoms with van der Waals surface area (Å²) < 4.78 is 22.3. The third kappa shape index (κ3) is 2.75. The normalized spacial score (nSPS) is 14.3. The molecule has 4 nitrogen and oxygen atoms in total. The number of carbonyl (C=O) groups excluding carboxylic acids is 1. The molecule has 0 unspecified atom stereocenters. The van der Waals surface area contributed by atoms with Crippen molar-refractivity contribution in [2.75, 3.05) is 18.7 Å². The SMILES string of the molecule is CS(=O)(=O)CNCC1=Cc2cccc3cccc(c23)C1=O. The third-order valence-electron chi connectivity index (χ3n) is 3.48. The van der Waals surface area contributed by atoms with Crippen molar-refractivity contribution < 1.29 is 13.2 Å². The summed E-state index contributed by atoms with van der Waals surface area (Å²) >= 11 is 0. The van der Waals surface area contributed by atoms with Crippen LogP contribution in [0, 0.1) is 0 Å². The van der Waals surface area contributed by atoms with Gasteiger partial charge in [-0.3, -0.25) is 10.1 Å². The number of rotatable bonds is 4. The van der Waals surface area contributed by atoms with Crippen molar-refractivity contribution in [2.45, 2.75) is 0 Å². The highest BCUT2D eigenvalue weighted by molar-refractivity contribution is 7.90. The second-order valence-electron chi connectivity index (χ2n) is 5.25. The van der Waals surface area contributed by atoms with Gasteiger partial charge in [-0.15, -0.1) is 0 Å². The molecule has 108 valence electrons. The zero-order chi connectivity index (χ0) is 15.0. The highest BCUT2D eigenvalue weighted by atomic mass is 32.2. The van der Waals surface area contributed by atoms with E-state index in [-0.39, 0.29) is 18.2 Å². The van der Waals surface area contributed by atoms with Crippen LogP contribution < -0.4 is 5.32 Å². The Morgan fingerprint density at radius 2 is 1.81 bits per heavy atom. The van der Waals surface area contributed by atoms with Gasteiger partial charge in [0.05, 0.1) is 5.88 Å². The number of ketones is 1. The van der Waals surface area contributed by atoms with Gasteiger partial charge in [0, 0.05) is 29.3 Å². The van der Waals surface area contributed by atoms with Gasteiger partial charge >= 0.3 is 0 Å². The predicted molar refractivity (Wildman–Crippen MR) is 84.0 cm³/mol. The maximum Gasteiger partial charge on any atom is 0.190 e. The van der Waals surface area contributed by atoms with Crippen molar-refractivity contribution in [3.05, 3.63) is 53.1 Å². The first-order valence-corrected chi connectivity index (χ1v) is 8.67. The van der Waals surface area contributed by atoms with Crippen molar-refractivity contribution in [1.82, 2.24) is 5.32 Å². The van der Waals surface area contributed by atoms with E-state index < -0.39 is 9.84 Å². The summed E-state index contributed by atoms with van der Waals surface area (Å²) in [5.74, 6) is -0.177. The Hall–Kier alpha value is -1.98. The molecule has 0 fully saturated rings. The van der Waals surface area contributed by atoms with Gasteiger partial charge in [0.25, 0.3) is 0 Å². The van der Waals surface area contributed by atoms with Gasteiger partial charge in [0.2, 0.25) is 0 Å². The summed E-state index contributed by atoms with van der Waals surface area (Å²) in [7, 11) is -3.09. The van der Waals surface area contributed by atoms with Crippen LogP contribution in [0.4, 0.5) is 0 Å². The molecular formula is C16H15NO3S. The molecule has 0 aromatic heterocycles. The average Bonchev–Trinajstić information content (AvgIpc) is 2.43. The maximum atomic E-state index is 12.5. The molecule has 3 rings (SSSR count). The Labute approximate surface area is 123 Å². The van der Waals surface area contributed by atoms with Gasteiger partial charge in [0.1, 0.15) is 0 Å². The first kappa shape index (κ1) is 14.0. The number of nitrogens with one attached hydrogen (secondary N) is 1. The molecule has 2 aromatic carbocycles. The van der Waals surface area contributed by atoms with Crippen molar-refractivity contribution in [3.8, 4) is 0 Å². The highest BCUT2D eigenvalue weighted by Crippen LogP contribution is 2.30. The lowest BCUT2D eigenvalue weighted by Crippen LogP contribution is -2.27. The molecule has 0 atom stereocenters. The average molecular weight is 301 g/mol. The molecule has 0 heterocycles. The third-order valence-corrected chi connectivity index (χ3v) is 4.21. The minimum absolute atomic E-state index is 0.0414. The van der Waals surface area contributed by atoms with Crippen molar-refractivity contribution in [2.24, 2.45) is 0 Å². The number of Topliss-reactive ketones (excluding diaryl/α,β-unsaturated/α-hetero) is 1. The Balaban J connectivity index is 1.96. The Morgan fingerprint density at radius 1 is 1.10 bits per heavy atom. The summed E-state index contributed by atoms with van der Waals surface area (Å²) in [6.45, 7) is 0.247. The van der Waals surface area contributed by atoms with Crippen LogP contribution in [0.2, 0.25) is 0 Å². The molecule has 0 amide bonds. The van der Waals surface area contributed by atoms with Crippen LogP contribution >= 0.6 is 0 Å². The van der Waals surface area contributed by atoms with Gasteiger partial charge in [-0.05, 0) is 17.0 Å². The Kier molecular flexibility index (Phi) is 3.39. The lowest BCUT2D eigenvalue weighted by atomic mass is 9.88. The summed E-state index contributed by atoms with van der Waals surface area (Å²) in [6, 6.07) is 11.6. The molecule has 21 heavy (non-hydrogen) atoms. The maximum absolute atomic E-state index is 12.5. The van der Waals surface area contributed by atoms with Gasteiger partial charge in [-0.1, -0.05) is 36.4 Å². The fourth-order valence-corrected chi connectivity index (χ4v) is 3.08. The van der Waals surface area contributed by atoms with Crippen molar-refractivity contribution in [3.63, 3.8) is 0 Å². The fourth-order valence-electron chi connectivity index (χ4n) is 2.61. The van der Waals surface area contributed by atoms with E-state index in [4.69, 9.17) is 0 Å². The van der Waals surface area contributed by atoms with Gasteiger partial charge < -0.3 is 0 Å². The number of benzene rings is 2. The van der Waals surface area contributed by atoms with Gasteiger partial charge in [0.15, 0.2) is 15.6 Å². The molecule has 1 N–H and O–H groups in total. The van der Waals surface area contributed by atoms with Gasteiger partial charge in [-0.25, -0.2) is 8.42 Å². The largest absolute Gasteiger partial charge is 0.299 e. The van der Waals surface area contributed by atoms with Crippen molar-refractivity contribution in [1.29, 1.82) is 0 Å². The van der Waals surface area contributed by atoms with E-state index in [1.54, 1.807) is 0 Å². The number of carbonyl (C=O) groups is 1. The van der Waals surface area contributed by atoms with E-state index in [9.17, 15) is 13.2 Å². The van der Waals surface area contributed by atoms with Crippen LogP contribution in [0.25, 0.3) is 16.8 Å². The van der Waals surface area contributed by atoms with Crippen LogP contribution in [0.3, 0.4) is 0 Å². The van der Waals surface area contributed by atoms with Crippen LogP contribution in [0.5, 0.6) is 0 Å². The van der Waals surface area contributed by atoms with E-state index >= 15 is 0 Å². The van der Waals surface area contributed by atoms with Crippen LogP contribution in [-0.4, -0.2) is 32.9 Å². The summed E-state index contributed by atoms with van der Waals surface area (Å²) in [6.07, 6.45) is 3.00. The molecule has 2 aromatic rings. The molecule has 0 spiro atoms. The standard InChI is InChI=1S/C16H15NO3S/c1-21(19,20)10-17-9-13-8-12-6-2-4-11-5-3-7-14(15(11)12)16(13)18/h2-8,17H,9-10H2,1H3. The van der Waals surface area contributed by atoms with Crippen molar-refractivity contribution >= 4 is 32.5 Å². The Bertz CT molecular complexity index is 861. The Morgan fingerprint density at radius 3 is 2.52 bits per heavy atom. The zero-order valence-electron chi connectivity index (χ0n) is 11.6. The van der Waals surface area contributed by atoms with E-state index in [2.05, 4.69) is 5.32 Å². The van der Waals surface area contributed by atoms with Crippen LogP contribution in [0.1, 0.15) is 15.9 Å². The molecule has 0 aliphatic heterocycles. The summed E-state index contributed by atoms with van der Waals surface area (Å²) in [4.78, 5) is 12.5. The van der Waals surface area contributed by atoms with Crippen LogP contribution in [-0.2, 0) is 9.84 Å². The predicted octanol–water partition coefficient (Wildman–Crippen LogP) is 2.01. The number of hydrogen-bond donors (Lipinski definition) is 1. The minimum Gasteiger partial charge on any atom is -0.299 e. The number of hydrogen-bond acceptors (Lipinski definition) is 4. The smallest absolute Gasteiger partial charge is 0.190 e. The molecular weight excluding hydrogens is 286 g/mol. The summed E-state index contributed by atoms with van der Waals surface area (Å²) in [5.41, 5.74) is 2.27. The van der Waals surface area contributed by atoms with E-state index in [0.29, 0.717) is 11.1 Å². The fraction of sp³-hybridized carbons (Fsp3) is 0.188. The lowest BCUT2D eigenvalue weighted by molar-refractivity contribution is 0.103. The van der Waals surface area contributed by atoms with E-state index in [1.807, 2.05) is 42.5 Å². The minimum atomic E-state index is -3.09.